The second kappa shape index (κ2) is 10.8. The number of nitrogens with one attached hydrogen (secondary N) is 1. The van der Waals surface area contributed by atoms with E-state index in [1.807, 2.05) is 0 Å². The molecule has 222 valence electrons. The van der Waals surface area contributed by atoms with Crippen molar-refractivity contribution in [1.82, 2.24) is 10.3 Å². The molecule has 43 heavy (non-hydrogen) atoms. The Kier molecular flexibility index (Phi) is 7.26. The topological polar surface area (TPSA) is 106 Å². The molecule has 0 saturated carbocycles. The number of allylic oxidation sites excluding steroid dienone is 5. The van der Waals surface area contributed by atoms with Gasteiger partial charge in [0.2, 0.25) is 15.9 Å². The van der Waals surface area contributed by atoms with Gasteiger partial charge in [0.05, 0.1) is 28.1 Å². The zero-order valence-corrected chi connectivity index (χ0v) is 25.0. The minimum atomic E-state index is -3.74. The van der Waals surface area contributed by atoms with Crippen molar-refractivity contribution in [3.8, 4) is 22.6 Å². The molecule has 0 aliphatic heterocycles. The monoisotopic (exact) mass is 625 g/mol. The summed E-state index contributed by atoms with van der Waals surface area (Å²) in [5.41, 5.74) is 2.93. The van der Waals surface area contributed by atoms with Crippen LogP contribution in [-0.4, -0.2) is 39.7 Å². The van der Waals surface area contributed by atoms with Gasteiger partial charge in [0.1, 0.15) is 34.5 Å². The molecule has 0 unspecified atom stereocenters. The molecule has 0 atom stereocenters. The van der Waals surface area contributed by atoms with Crippen LogP contribution in [0.2, 0.25) is 5.02 Å². The molecule has 1 amide bonds. The highest BCUT2D eigenvalue weighted by molar-refractivity contribution is 7.92. The second-order valence-electron chi connectivity index (χ2n) is 10.4. The number of anilines is 1. The lowest BCUT2D eigenvalue weighted by Gasteiger charge is -2.21. The fourth-order valence-electron chi connectivity index (χ4n) is 5.29. The van der Waals surface area contributed by atoms with Crippen molar-refractivity contribution in [2.45, 2.75) is 25.7 Å². The standard InChI is InChI=1S/C31H26ClF2N3O5S/c1-35-30(38)27-21-14-19(17-9-12-22(32)20(13-17)31-36-28-23(34)5-4-6-25(28)42-31)24(37(2)43(3,39)40)15-26(21)41-29(27)16-7-10-18(33)11-8-16/h5,7,9-10,12-15H,4,6,8,11H2,1-3H3,(H,35,38). The molecule has 0 spiro atoms. The van der Waals surface area contributed by atoms with E-state index in [9.17, 15) is 22.0 Å². The predicted octanol–water partition coefficient (Wildman–Crippen LogP) is 7.45. The molecule has 12 heteroatoms. The number of halogens is 3. The van der Waals surface area contributed by atoms with Crippen LogP contribution in [0.4, 0.5) is 14.5 Å². The number of carbonyl (C=O) groups is 1. The van der Waals surface area contributed by atoms with Crippen molar-refractivity contribution in [2.75, 3.05) is 24.7 Å². The van der Waals surface area contributed by atoms with Gasteiger partial charge in [-0.3, -0.25) is 9.10 Å². The summed E-state index contributed by atoms with van der Waals surface area (Å²) >= 11 is 6.55. The lowest BCUT2D eigenvalue weighted by Crippen LogP contribution is -2.25. The molecule has 8 nitrogen and oxygen atoms in total. The summed E-state index contributed by atoms with van der Waals surface area (Å²) < 4.78 is 66.8. The fraction of sp³-hybridized carbons (Fsp3) is 0.226. The minimum Gasteiger partial charge on any atom is -0.455 e. The molecule has 2 aromatic carbocycles. The van der Waals surface area contributed by atoms with Crippen molar-refractivity contribution in [1.29, 1.82) is 0 Å². The maximum Gasteiger partial charge on any atom is 0.255 e. The van der Waals surface area contributed by atoms with Crippen molar-refractivity contribution in [3.05, 3.63) is 82.2 Å². The first kappa shape index (κ1) is 28.9. The summed E-state index contributed by atoms with van der Waals surface area (Å²) in [7, 11) is -0.834. The Morgan fingerprint density at radius 1 is 1.07 bits per heavy atom. The molecule has 0 saturated heterocycles. The van der Waals surface area contributed by atoms with Crippen LogP contribution in [0.1, 0.15) is 46.8 Å². The zero-order valence-electron chi connectivity index (χ0n) is 23.4. The van der Waals surface area contributed by atoms with E-state index in [0.29, 0.717) is 57.7 Å². The molecule has 0 fully saturated rings. The third-order valence-electron chi connectivity index (χ3n) is 7.61. The number of aromatic nitrogens is 1. The first-order valence-electron chi connectivity index (χ1n) is 13.4. The summed E-state index contributed by atoms with van der Waals surface area (Å²) in [5.74, 6) is -0.330. The molecule has 2 aliphatic carbocycles. The summed E-state index contributed by atoms with van der Waals surface area (Å²) in [4.78, 5) is 17.5. The molecular formula is C31H26ClF2N3O5S. The van der Waals surface area contributed by atoms with Gasteiger partial charge in [-0.25, -0.2) is 22.2 Å². The summed E-state index contributed by atoms with van der Waals surface area (Å²) in [6, 6.07) is 8.23. The molecule has 6 rings (SSSR count). The fourth-order valence-corrected chi connectivity index (χ4v) is 5.99. The van der Waals surface area contributed by atoms with E-state index in [1.165, 1.54) is 26.2 Å². The zero-order chi connectivity index (χ0) is 30.6. The van der Waals surface area contributed by atoms with Crippen molar-refractivity contribution >= 4 is 55.6 Å². The van der Waals surface area contributed by atoms with Gasteiger partial charge in [0.15, 0.2) is 0 Å². The maximum absolute atomic E-state index is 14.4. The summed E-state index contributed by atoms with van der Waals surface area (Å²) in [6.45, 7) is 0. The summed E-state index contributed by atoms with van der Waals surface area (Å²) in [5, 5.41) is 3.37. The van der Waals surface area contributed by atoms with E-state index in [-0.39, 0.29) is 46.4 Å². The van der Waals surface area contributed by atoms with Crippen LogP contribution in [0, 0.1) is 0 Å². The van der Waals surface area contributed by atoms with E-state index >= 15 is 0 Å². The van der Waals surface area contributed by atoms with Gasteiger partial charge in [0, 0.05) is 44.0 Å². The lowest BCUT2D eigenvalue weighted by molar-refractivity contribution is 0.0963. The maximum atomic E-state index is 14.4. The Bertz CT molecular complexity index is 2020. The smallest absolute Gasteiger partial charge is 0.255 e. The van der Waals surface area contributed by atoms with Crippen molar-refractivity contribution in [2.24, 2.45) is 0 Å². The van der Waals surface area contributed by atoms with Gasteiger partial charge in [-0.2, -0.15) is 0 Å². The number of benzene rings is 2. The Morgan fingerprint density at radius 3 is 2.53 bits per heavy atom. The van der Waals surface area contributed by atoms with Crippen LogP contribution in [0.5, 0.6) is 0 Å². The van der Waals surface area contributed by atoms with Crippen LogP contribution in [0.3, 0.4) is 0 Å². The average Bonchev–Trinajstić information content (AvgIpc) is 3.58. The molecule has 2 aromatic heterocycles. The van der Waals surface area contributed by atoms with Crippen LogP contribution in [-0.2, 0) is 16.4 Å². The highest BCUT2D eigenvalue weighted by Crippen LogP contribution is 2.43. The number of oxazole rings is 1. The molecule has 2 aliphatic rings. The Hall–Kier alpha value is -4.22. The largest absolute Gasteiger partial charge is 0.455 e. The van der Waals surface area contributed by atoms with Crippen molar-refractivity contribution < 1.29 is 30.8 Å². The Balaban J connectivity index is 1.59. The molecular weight excluding hydrogens is 600 g/mol. The van der Waals surface area contributed by atoms with Gasteiger partial charge < -0.3 is 14.2 Å². The highest BCUT2D eigenvalue weighted by Gasteiger charge is 2.28. The van der Waals surface area contributed by atoms with Gasteiger partial charge >= 0.3 is 0 Å². The van der Waals surface area contributed by atoms with Gasteiger partial charge in [-0.05, 0) is 54.3 Å². The number of fused-ring (bicyclic) bond motifs is 2. The Morgan fingerprint density at radius 2 is 1.86 bits per heavy atom. The quantitative estimate of drug-likeness (QED) is 0.239. The molecule has 4 aromatic rings. The second-order valence-corrected chi connectivity index (χ2v) is 12.8. The third-order valence-corrected chi connectivity index (χ3v) is 9.13. The van der Waals surface area contributed by atoms with Crippen LogP contribution >= 0.6 is 11.6 Å². The number of hydrogen-bond donors (Lipinski definition) is 1. The van der Waals surface area contributed by atoms with E-state index in [2.05, 4.69) is 10.3 Å². The third kappa shape index (κ3) is 5.16. The number of rotatable bonds is 6. The highest BCUT2D eigenvalue weighted by atomic mass is 35.5. The normalized spacial score (nSPS) is 15.1. The number of furan rings is 1. The average molecular weight is 626 g/mol. The van der Waals surface area contributed by atoms with E-state index in [4.69, 9.17) is 20.4 Å². The number of carbonyl (C=O) groups excluding carboxylic acids is 1. The first-order valence-corrected chi connectivity index (χ1v) is 15.7. The lowest BCUT2D eigenvalue weighted by atomic mass is 9.95. The van der Waals surface area contributed by atoms with E-state index in [1.54, 1.807) is 36.4 Å². The summed E-state index contributed by atoms with van der Waals surface area (Å²) in [6.07, 6.45) is 6.92. The molecule has 0 radical (unpaired) electrons. The first-order chi connectivity index (χ1) is 20.5. The molecule has 0 bridgehead atoms. The van der Waals surface area contributed by atoms with E-state index in [0.717, 1.165) is 10.6 Å². The predicted molar refractivity (Wildman–Crippen MR) is 163 cm³/mol. The van der Waals surface area contributed by atoms with Crippen LogP contribution in [0.15, 0.2) is 63.2 Å². The van der Waals surface area contributed by atoms with Gasteiger partial charge in [-0.15, -0.1) is 0 Å². The SMILES string of the molecule is CNC(=O)c1c(C2=CC=C(F)CC2)oc2cc(N(C)S(C)(=O)=O)c(-c3ccc(Cl)c(-c4nc5c(o4)CCC=C5F)c3)cc12. The number of nitrogens with zero attached hydrogens (tertiary/aromatic N) is 2. The van der Waals surface area contributed by atoms with Crippen LogP contribution < -0.4 is 9.62 Å². The number of aryl methyl sites for hydroxylation is 1. The van der Waals surface area contributed by atoms with Gasteiger partial charge in [0.25, 0.3) is 5.91 Å². The number of sulfonamides is 1. The molecule has 2 heterocycles. The van der Waals surface area contributed by atoms with Gasteiger partial charge in [-0.1, -0.05) is 23.7 Å². The molecule has 1 N–H and O–H groups in total. The van der Waals surface area contributed by atoms with Crippen LogP contribution in [0.25, 0.3) is 45.0 Å². The number of amides is 1. The number of hydrogen-bond acceptors (Lipinski definition) is 6. The minimum absolute atomic E-state index is 0.127. The van der Waals surface area contributed by atoms with E-state index < -0.39 is 21.8 Å². The van der Waals surface area contributed by atoms with Crippen molar-refractivity contribution in [3.63, 3.8) is 0 Å². The Labute approximate surface area is 251 Å².